The molecule has 4 rings (SSSR count). The van der Waals surface area contributed by atoms with Gasteiger partial charge in [-0.1, -0.05) is 66.2 Å². The lowest BCUT2D eigenvalue weighted by molar-refractivity contribution is -0.159. The number of esters is 2. The summed E-state index contributed by atoms with van der Waals surface area (Å²) in [5, 5.41) is 0. The number of benzene rings is 3. The summed E-state index contributed by atoms with van der Waals surface area (Å²) in [6.07, 6.45) is 0. The topological polar surface area (TPSA) is 68.2 Å². The van der Waals surface area contributed by atoms with Crippen molar-refractivity contribution in [1.82, 2.24) is 0 Å². The van der Waals surface area contributed by atoms with Gasteiger partial charge in [0.15, 0.2) is 0 Å². The minimum atomic E-state index is -1.85. The van der Waals surface area contributed by atoms with Crippen LogP contribution in [0, 0.1) is 20.8 Å². The number of methoxy groups -OCH3 is 2. The van der Waals surface area contributed by atoms with Crippen LogP contribution in [0.4, 0.5) is 11.4 Å². The Morgan fingerprint density at radius 2 is 1.32 bits per heavy atom. The molecule has 6 heteroatoms. The number of aryl methyl sites for hydroxylation is 3. The van der Waals surface area contributed by atoms with Crippen molar-refractivity contribution in [2.24, 2.45) is 4.99 Å². The summed E-state index contributed by atoms with van der Waals surface area (Å²) >= 11 is 0. The summed E-state index contributed by atoms with van der Waals surface area (Å²) in [4.78, 5) is 33.7. The van der Waals surface area contributed by atoms with E-state index in [0.29, 0.717) is 11.4 Å². The fraction of sp³-hybridized carbons (Fsp3) is 0.250. The average molecular weight is 457 g/mol. The summed E-state index contributed by atoms with van der Waals surface area (Å²) in [5.74, 6) is -1.48. The zero-order chi connectivity index (χ0) is 24.5. The van der Waals surface area contributed by atoms with E-state index in [1.807, 2.05) is 93.6 Å². The molecule has 0 bridgehead atoms. The van der Waals surface area contributed by atoms with Crippen LogP contribution < -0.4 is 4.90 Å². The molecule has 0 saturated carbocycles. The zero-order valence-electron chi connectivity index (χ0n) is 20.0. The van der Waals surface area contributed by atoms with Crippen LogP contribution in [0.25, 0.3) is 0 Å². The summed E-state index contributed by atoms with van der Waals surface area (Å²) in [6.45, 7) is 5.97. The van der Waals surface area contributed by atoms with E-state index in [9.17, 15) is 9.59 Å². The molecule has 0 N–H and O–H groups in total. The lowest BCUT2D eigenvalue weighted by Crippen LogP contribution is -2.78. The third-order valence-electron chi connectivity index (χ3n) is 6.23. The summed E-state index contributed by atoms with van der Waals surface area (Å²) in [7, 11) is 2.54. The fourth-order valence-corrected chi connectivity index (χ4v) is 4.84. The number of anilines is 1. The monoisotopic (exact) mass is 456 g/mol. The Bertz CT molecular complexity index is 1210. The molecular weight excluding hydrogens is 428 g/mol. The number of nitrogens with zero attached hydrogens (tertiary/aromatic N) is 2. The minimum absolute atomic E-state index is 0.372. The van der Waals surface area contributed by atoms with E-state index in [1.54, 1.807) is 4.90 Å². The molecule has 3 aromatic rings. The second-order valence-electron chi connectivity index (χ2n) is 8.46. The van der Waals surface area contributed by atoms with Gasteiger partial charge in [0.05, 0.1) is 31.7 Å². The molecule has 1 heterocycles. The lowest BCUT2D eigenvalue weighted by Gasteiger charge is -2.56. The molecule has 1 saturated heterocycles. The van der Waals surface area contributed by atoms with E-state index in [1.165, 1.54) is 14.2 Å². The van der Waals surface area contributed by atoms with Crippen LogP contribution >= 0.6 is 0 Å². The molecule has 0 radical (unpaired) electrons. The van der Waals surface area contributed by atoms with E-state index in [-0.39, 0.29) is 0 Å². The first kappa shape index (κ1) is 23.2. The molecule has 1 unspecified atom stereocenters. The number of carbonyl (C=O) groups excluding carboxylic acids is 2. The zero-order valence-corrected chi connectivity index (χ0v) is 20.0. The van der Waals surface area contributed by atoms with Gasteiger partial charge < -0.3 is 14.4 Å². The van der Waals surface area contributed by atoms with Crippen molar-refractivity contribution in [3.05, 3.63) is 95.1 Å². The Kier molecular flexibility index (Phi) is 6.24. The van der Waals surface area contributed by atoms with E-state index < -0.39 is 23.5 Å². The number of hydrogen-bond acceptors (Lipinski definition) is 6. The minimum Gasteiger partial charge on any atom is -0.467 e. The maximum absolute atomic E-state index is 13.5. The Balaban J connectivity index is 2.06. The summed E-state index contributed by atoms with van der Waals surface area (Å²) in [5.41, 5.74) is 3.86. The Labute approximate surface area is 199 Å². The molecule has 1 aliphatic heterocycles. The maximum atomic E-state index is 13.5. The molecule has 3 aromatic carbocycles. The number of para-hydroxylation sites is 1. The first-order valence-corrected chi connectivity index (χ1v) is 11.1. The molecule has 1 atom stereocenters. The van der Waals surface area contributed by atoms with Crippen molar-refractivity contribution in [3.63, 3.8) is 0 Å². The number of ether oxygens (including phenoxy) is 2. The molecular formula is C28H28N2O4. The first-order chi connectivity index (χ1) is 16.4. The van der Waals surface area contributed by atoms with E-state index >= 15 is 0 Å². The Morgan fingerprint density at radius 3 is 1.82 bits per heavy atom. The van der Waals surface area contributed by atoms with Crippen molar-refractivity contribution < 1.29 is 19.1 Å². The quantitative estimate of drug-likeness (QED) is 0.398. The Hall–Kier alpha value is -3.93. The van der Waals surface area contributed by atoms with Crippen LogP contribution in [0.2, 0.25) is 0 Å². The van der Waals surface area contributed by atoms with Gasteiger partial charge in [0, 0.05) is 5.69 Å². The van der Waals surface area contributed by atoms with Gasteiger partial charge in [-0.3, -0.25) is 4.99 Å². The molecule has 6 nitrogen and oxygen atoms in total. The van der Waals surface area contributed by atoms with Crippen LogP contribution in [0.5, 0.6) is 0 Å². The van der Waals surface area contributed by atoms with Crippen molar-refractivity contribution in [2.45, 2.75) is 32.4 Å². The van der Waals surface area contributed by atoms with Gasteiger partial charge in [-0.05, 0) is 49.6 Å². The fourth-order valence-electron chi connectivity index (χ4n) is 4.84. The van der Waals surface area contributed by atoms with Crippen molar-refractivity contribution in [2.75, 3.05) is 19.1 Å². The number of rotatable bonds is 5. The summed E-state index contributed by atoms with van der Waals surface area (Å²) < 4.78 is 10.4. The van der Waals surface area contributed by atoms with Crippen molar-refractivity contribution in [3.8, 4) is 0 Å². The molecule has 1 fully saturated rings. The molecule has 174 valence electrons. The molecule has 0 aromatic heterocycles. The highest BCUT2D eigenvalue weighted by Crippen LogP contribution is 2.50. The van der Waals surface area contributed by atoms with Crippen LogP contribution in [-0.2, 0) is 19.1 Å². The van der Waals surface area contributed by atoms with E-state index in [0.717, 1.165) is 27.9 Å². The largest absolute Gasteiger partial charge is 0.467 e. The highest BCUT2D eigenvalue weighted by atomic mass is 16.5. The third kappa shape index (κ3) is 3.55. The molecule has 0 spiro atoms. The first-order valence-electron chi connectivity index (χ1n) is 11.1. The molecule has 1 aliphatic rings. The third-order valence-corrected chi connectivity index (χ3v) is 6.23. The number of hydrogen-bond donors (Lipinski definition) is 0. The second-order valence-corrected chi connectivity index (χ2v) is 8.46. The number of aliphatic imine (C=N–C) groups is 1. The van der Waals surface area contributed by atoms with Gasteiger partial charge in [-0.15, -0.1) is 0 Å². The smallest absolute Gasteiger partial charge is 0.349 e. The maximum Gasteiger partial charge on any atom is 0.349 e. The van der Waals surface area contributed by atoms with E-state index in [2.05, 4.69) is 0 Å². The van der Waals surface area contributed by atoms with E-state index in [4.69, 9.17) is 14.5 Å². The molecule has 0 aliphatic carbocycles. The predicted octanol–water partition coefficient (Wildman–Crippen LogP) is 5.03. The second kappa shape index (κ2) is 9.14. The van der Waals surface area contributed by atoms with Crippen LogP contribution in [0.3, 0.4) is 0 Å². The lowest BCUT2D eigenvalue weighted by atomic mass is 9.72. The van der Waals surface area contributed by atoms with Crippen LogP contribution in [0.1, 0.15) is 28.3 Å². The van der Waals surface area contributed by atoms with Crippen molar-refractivity contribution >= 4 is 29.0 Å². The van der Waals surface area contributed by atoms with Gasteiger partial charge in [0.1, 0.15) is 0 Å². The van der Waals surface area contributed by atoms with Gasteiger partial charge in [-0.2, -0.15) is 0 Å². The van der Waals surface area contributed by atoms with Crippen molar-refractivity contribution in [1.29, 1.82) is 0 Å². The van der Waals surface area contributed by atoms with Crippen LogP contribution in [0.15, 0.2) is 77.8 Å². The molecule has 34 heavy (non-hydrogen) atoms. The standard InChI is InChI=1S/C28H28N2O4/c1-18-16-19(2)23(20(3)17-18)29-25-24(21-12-8-6-9-13-21)30(22-14-10-7-11-15-22)28(25,26(31)33-4)27(32)34-5/h6-17,24H,1-5H3. The van der Waals surface area contributed by atoms with Gasteiger partial charge >= 0.3 is 11.9 Å². The predicted molar refractivity (Wildman–Crippen MR) is 133 cm³/mol. The number of carbonyl (C=O) groups is 2. The average Bonchev–Trinajstić information content (AvgIpc) is 2.83. The highest BCUT2D eigenvalue weighted by molar-refractivity contribution is 6.37. The Morgan fingerprint density at radius 1 is 0.824 bits per heavy atom. The van der Waals surface area contributed by atoms with Crippen LogP contribution in [-0.4, -0.2) is 37.4 Å². The normalized spacial score (nSPS) is 17.7. The van der Waals surface area contributed by atoms with Gasteiger partial charge in [0.2, 0.25) is 0 Å². The summed E-state index contributed by atoms with van der Waals surface area (Å²) in [6, 6.07) is 22.6. The highest BCUT2D eigenvalue weighted by Gasteiger charge is 2.70. The molecule has 0 amide bonds. The van der Waals surface area contributed by atoms with Gasteiger partial charge in [-0.25, -0.2) is 9.59 Å². The van der Waals surface area contributed by atoms with Gasteiger partial charge in [0.25, 0.3) is 5.54 Å². The SMILES string of the molecule is COC(=O)C1(C(=O)OC)C(=Nc2c(C)cc(C)cc2C)C(c2ccccc2)N1c1ccccc1.